The van der Waals surface area contributed by atoms with Gasteiger partial charge in [0.15, 0.2) is 0 Å². The van der Waals surface area contributed by atoms with Crippen molar-refractivity contribution in [2.45, 2.75) is 32.9 Å². The number of nitrogens with zero attached hydrogens (tertiary/aromatic N) is 3. The molecule has 4 rings (SSSR count). The molecule has 35 heavy (non-hydrogen) atoms. The van der Waals surface area contributed by atoms with E-state index < -0.39 is 0 Å². The predicted octanol–water partition coefficient (Wildman–Crippen LogP) is 3.97. The maximum atomic E-state index is 13.1. The number of benzene rings is 1. The van der Waals surface area contributed by atoms with Crippen LogP contribution in [0.5, 0.6) is 11.5 Å². The first-order valence-electron chi connectivity index (χ1n) is 11.7. The van der Waals surface area contributed by atoms with Crippen molar-refractivity contribution in [3.8, 4) is 11.5 Å². The number of rotatable bonds is 8. The molecule has 2 amide bonds. The summed E-state index contributed by atoms with van der Waals surface area (Å²) in [5, 5.41) is 7.10. The predicted molar refractivity (Wildman–Crippen MR) is 134 cm³/mol. The fourth-order valence-electron chi connectivity index (χ4n) is 4.33. The molecule has 0 radical (unpaired) electrons. The molecule has 3 aromatic rings. The highest BCUT2D eigenvalue weighted by Gasteiger charge is 2.27. The molecule has 1 aromatic carbocycles. The van der Waals surface area contributed by atoms with Crippen LogP contribution in [-0.4, -0.2) is 66.4 Å². The number of amides is 2. The van der Waals surface area contributed by atoms with Gasteiger partial charge in [-0.15, -0.1) is 0 Å². The number of fused-ring (bicyclic) bond motifs is 1. The Morgan fingerprint density at radius 2 is 1.97 bits per heavy atom. The Balaban J connectivity index is 1.45. The molecular formula is C25H31N5O5. The van der Waals surface area contributed by atoms with E-state index in [2.05, 4.69) is 15.6 Å². The first-order chi connectivity index (χ1) is 17.0. The van der Waals surface area contributed by atoms with Gasteiger partial charge in [-0.05, 0) is 38.5 Å². The molecule has 1 unspecified atom stereocenters. The van der Waals surface area contributed by atoms with Crippen LogP contribution < -0.4 is 20.1 Å². The highest BCUT2D eigenvalue weighted by molar-refractivity contribution is 6.07. The highest BCUT2D eigenvalue weighted by Crippen LogP contribution is 2.34. The SMILES string of the molecule is CCOC(=O)N1CCC(Nc2ccc(NC(=O)c3cc4c(OC)cc(OC)cc4n3CC)cn2)C1. The van der Waals surface area contributed by atoms with Gasteiger partial charge in [-0.3, -0.25) is 4.79 Å². The van der Waals surface area contributed by atoms with Crippen molar-refractivity contribution in [1.29, 1.82) is 0 Å². The average molecular weight is 482 g/mol. The van der Waals surface area contributed by atoms with Crippen LogP contribution in [0.4, 0.5) is 16.3 Å². The van der Waals surface area contributed by atoms with Gasteiger partial charge in [-0.2, -0.15) is 0 Å². The van der Waals surface area contributed by atoms with E-state index in [9.17, 15) is 9.59 Å². The van der Waals surface area contributed by atoms with E-state index in [1.54, 1.807) is 44.4 Å². The van der Waals surface area contributed by atoms with Gasteiger partial charge in [0, 0.05) is 43.2 Å². The van der Waals surface area contributed by atoms with Crippen LogP contribution in [-0.2, 0) is 11.3 Å². The molecule has 10 nitrogen and oxygen atoms in total. The number of anilines is 2. The van der Waals surface area contributed by atoms with Crippen molar-refractivity contribution >= 4 is 34.4 Å². The van der Waals surface area contributed by atoms with Crippen molar-refractivity contribution in [3.05, 3.63) is 42.2 Å². The molecule has 1 saturated heterocycles. The fraction of sp³-hybridized carbons (Fsp3) is 0.400. The molecule has 186 valence electrons. The molecule has 0 bridgehead atoms. The van der Waals surface area contributed by atoms with Gasteiger partial charge in [0.2, 0.25) is 0 Å². The normalized spacial score (nSPS) is 15.2. The summed E-state index contributed by atoms with van der Waals surface area (Å²) in [5.74, 6) is 1.74. The van der Waals surface area contributed by atoms with Gasteiger partial charge in [0.25, 0.3) is 5.91 Å². The number of nitrogens with one attached hydrogen (secondary N) is 2. The number of aryl methyl sites for hydroxylation is 1. The lowest BCUT2D eigenvalue weighted by Gasteiger charge is -2.16. The molecule has 2 N–H and O–H groups in total. The zero-order chi connectivity index (χ0) is 24.9. The summed E-state index contributed by atoms with van der Waals surface area (Å²) >= 11 is 0. The minimum atomic E-state index is -0.289. The van der Waals surface area contributed by atoms with E-state index in [-0.39, 0.29) is 18.0 Å². The van der Waals surface area contributed by atoms with Crippen molar-refractivity contribution in [2.75, 3.05) is 44.5 Å². The molecular weight excluding hydrogens is 450 g/mol. The molecule has 0 spiro atoms. The van der Waals surface area contributed by atoms with E-state index in [1.807, 2.05) is 29.7 Å². The largest absolute Gasteiger partial charge is 0.497 e. The molecule has 1 atom stereocenters. The van der Waals surface area contributed by atoms with Crippen LogP contribution in [0.15, 0.2) is 36.5 Å². The second-order valence-corrected chi connectivity index (χ2v) is 8.20. The maximum Gasteiger partial charge on any atom is 0.409 e. The maximum absolute atomic E-state index is 13.1. The van der Waals surface area contributed by atoms with Gasteiger partial charge >= 0.3 is 6.09 Å². The third-order valence-corrected chi connectivity index (χ3v) is 6.05. The van der Waals surface area contributed by atoms with Crippen molar-refractivity contribution in [2.24, 2.45) is 0 Å². The number of carbonyl (C=O) groups is 2. The van der Waals surface area contributed by atoms with E-state index in [4.69, 9.17) is 14.2 Å². The molecule has 1 aliphatic rings. The Labute approximate surface area is 204 Å². The molecule has 1 aliphatic heterocycles. The molecule has 10 heteroatoms. The van der Waals surface area contributed by atoms with Crippen LogP contribution in [0.1, 0.15) is 30.8 Å². The molecule has 2 aromatic heterocycles. The number of ether oxygens (including phenoxy) is 3. The molecule has 1 fully saturated rings. The highest BCUT2D eigenvalue weighted by atomic mass is 16.6. The van der Waals surface area contributed by atoms with Crippen LogP contribution in [0.25, 0.3) is 10.9 Å². The quantitative estimate of drug-likeness (QED) is 0.501. The van der Waals surface area contributed by atoms with Gasteiger partial charge < -0.3 is 34.3 Å². The van der Waals surface area contributed by atoms with Gasteiger partial charge in [0.1, 0.15) is 23.0 Å². The summed E-state index contributed by atoms with van der Waals surface area (Å²) in [6.45, 7) is 5.96. The second-order valence-electron chi connectivity index (χ2n) is 8.20. The van der Waals surface area contributed by atoms with E-state index in [0.717, 1.165) is 17.3 Å². The first kappa shape index (κ1) is 24.2. The molecule has 0 saturated carbocycles. The third-order valence-electron chi connectivity index (χ3n) is 6.05. The number of aromatic nitrogens is 2. The minimum absolute atomic E-state index is 0.0968. The lowest BCUT2D eigenvalue weighted by Crippen LogP contribution is -2.32. The lowest BCUT2D eigenvalue weighted by molar-refractivity contribution is 0.101. The Morgan fingerprint density at radius 1 is 1.14 bits per heavy atom. The van der Waals surface area contributed by atoms with Crippen LogP contribution >= 0.6 is 0 Å². The van der Waals surface area contributed by atoms with Crippen LogP contribution in [0.2, 0.25) is 0 Å². The summed E-state index contributed by atoms with van der Waals surface area (Å²) in [5.41, 5.74) is 1.96. The Morgan fingerprint density at radius 3 is 2.63 bits per heavy atom. The minimum Gasteiger partial charge on any atom is -0.497 e. The standard InChI is InChI=1S/C25H31N5O5/c1-5-30-20-11-18(33-3)12-22(34-4)19(20)13-21(30)24(31)28-16-7-8-23(26-14-16)27-17-9-10-29(15-17)25(32)35-6-2/h7-8,11-14,17H,5-6,9-10,15H2,1-4H3,(H,26,27)(H,28,31). The number of methoxy groups -OCH3 is 2. The number of hydrogen-bond donors (Lipinski definition) is 2. The van der Waals surface area contributed by atoms with Crippen molar-refractivity contribution < 1.29 is 23.8 Å². The first-order valence-corrected chi connectivity index (χ1v) is 11.7. The Bertz CT molecular complexity index is 1210. The molecule has 0 aliphatic carbocycles. The second kappa shape index (κ2) is 10.5. The summed E-state index contributed by atoms with van der Waals surface area (Å²) in [6, 6.07) is 9.23. The summed E-state index contributed by atoms with van der Waals surface area (Å²) < 4.78 is 17.9. The third kappa shape index (κ3) is 5.11. The van der Waals surface area contributed by atoms with Crippen molar-refractivity contribution in [3.63, 3.8) is 0 Å². The van der Waals surface area contributed by atoms with E-state index >= 15 is 0 Å². The van der Waals surface area contributed by atoms with Gasteiger partial charge in [-0.25, -0.2) is 9.78 Å². The zero-order valence-corrected chi connectivity index (χ0v) is 20.5. The van der Waals surface area contributed by atoms with E-state index in [1.165, 1.54) is 0 Å². The van der Waals surface area contributed by atoms with Gasteiger partial charge in [-0.1, -0.05) is 0 Å². The topological polar surface area (TPSA) is 107 Å². The van der Waals surface area contributed by atoms with Crippen molar-refractivity contribution in [1.82, 2.24) is 14.5 Å². The van der Waals surface area contributed by atoms with Crippen LogP contribution in [0, 0.1) is 0 Å². The number of carbonyl (C=O) groups excluding carboxylic acids is 2. The average Bonchev–Trinajstić information content (AvgIpc) is 3.49. The Hall–Kier alpha value is -3.95. The number of pyridine rings is 1. The number of hydrogen-bond acceptors (Lipinski definition) is 7. The fourth-order valence-corrected chi connectivity index (χ4v) is 4.33. The summed E-state index contributed by atoms with van der Waals surface area (Å²) in [4.78, 5) is 31.1. The lowest BCUT2D eigenvalue weighted by atomic mass is 10.2. The van der Waals surface area contributed by atoms with E-state index in [0.29, 0.717) is 54.9 Å². The monoisotopic (exact) mass is 481 g/mol. The number of likely N-dealkylation sites (tertiary alicyclic amines) is 1. The molecule has 3 heterocycles. The zero-order valence-electron chi connectivity index (χ0n) is 20.5. The summed E-state index contributed by atoms with van der Waals surface area (Å²) in [6.07, 6.45) is 2.14. The summed E-state index contributed by atoms with van der Waals surface area (Å²) in [7, 11) is 3.19. The van der Waals surface area contributed by atoms with Gasteiger partial charge in [0.05, 0.1) is 38.2 Å². The Kier molecular flexibility index (Phi) is 7.28. The smallest absolute Gasteiger partial charge is 0.409 e. The van der Waals surface area contributed by atoms with Crippen LogP contribution in [0.3, 0.4) is 0 Å².